The second-order valence-electron chi connectivity index (χ2n) is 8.32. The Balaban J connectivity index is 1.62. The van der Waals surface area contributed by atoms with Crippen LogP contribution in [0, 0.1) is 17.8 Å². The second-order valence-corrected chi connectivity index (χ2v) is 8.32. The van der Waals surface area contributed by atoms with Crippen molar-refractivity contribution in [2.24, 2.45) is 17.8 Å². The maximum Gasteiger partial charge on any atom is 0.335 e. The van der Waals surface area contributed by atoms with Gasteiger partial charge in [-0.3, -0.25) is 0 Å². The SMILES string of the molecule is CCCCC[C@H](O)C=C[C@H]1[C@H]2CC(Cc3ccccc3C(=O)O)=C[C@H]2C[C@H]1O. The third kappa shape index (κ3) is 4.92. The van der Waals surface area contributed by atoms with Gasteiger partial charge in [0.25, 0.3) is 0 Å². The average molecular weight is 385 g/mol. The van der Waals surface area contributed by atoms with Gasteiger partial charge in [-0.1, -0.05) is 68.2 Å². The van der Waals surface area contributed by atoms with Gasteiger partial charge in [0, 0.05) is 5.92 Å². The molecule has 1 aromatic rings. The van der Waals surface area contributed by atoms with Crippen molar-refractivity contribution in [1.29, 1.82) is 0 Å². The fourth-order valence-electron chi connectivity index (χ4n) is 4.82. The molecule has 28 heavy (non-hydrogen) atoms. The van der Waals surface area contributed by atoms with Crippen molar-refractivity contribution in [1.82, 2.24) is 0 Å². The van der Waals surface area contributed by atoms with Crippen LogP contribution in [0.2, 0.25) is 0 Å². The number of hydrogen-bond acceptors (Lipinski definition) is 3. The van der Waals surface area contributed by atoms with Crippen molar-refractivity contribution in [2.45, 2.75) is 64.1 Å². The Morgan fingerprint density at radius 2 is 2.07 bits per heavy atom. The first kappa shape index (κ1) is 20.8. The molecular weight excluding hydrogens is 352 g/mol. The Morgan fingerprint density at radius 3 is 2.82 bits per heavy atom. The first-order valence-electron chi connectivity index (χ1n) is 10.5. The topological polar surface area (TPSA) is 77.8 Å². The molecule has 0 aromatic heterocycles. The summed E-state index contributed by atoms with van der Waals surface area (Å²) >= 11 is 0. The van der Waals surface area contributed by atoms with Crippen molar-refractivity contribution in [3.05, 3.63) is 59.2 Å². The van der Waals surface area contributed by atoms with Gasteiger partial charge in [-0.15, -0.1) is 0 Å². The van der Waals surface area contributed by atoms with Gasteiger partial charge in [-0.25, -0.2) is 4.79 Å². The summed E-state index contributed by atoms with van der Waals surface area (Å²) in [6.45, 7) is 2.15. The summed E-state index contributed by atoms with van der Waals surface area (Å²) in [6.07, 6.45) is 11.7. The molecule has 0 bridgehead atoms. The lowest BCUT2D eigenvalue weighted by atomic mass is 9.88. The van der Waals surface area contributed by atoms with Crippen LogP contribution < -0.4 is 0 Å². The van der Waals surface area contributed by atoms with E-state index in [1.165, 1.54) is 5.57 Å². The smallest absolute Gasteiger partial charge is 0.335 e. The van der Waals surface area contributed by atoms with Crippen LogP contribution in [0.4, 0.5) is 0 Å². The van der Waals surface area contributed by atoms with E-state index in [0.29, 0.717) is 23.8 Å². The van der Waals surface area contributed by atoms with Crippen molar-refractivity contribution in [2.75, 3.05) is 0 Å². The lowest BCUT2D eigenvalue weighted by Gasteiger charge is -2.19. The number of aliphatic hydroxyl groups is 2. The number of hydrogen-bond donors (Lipinski definition) is 3. The summed E-state index contributed by atoms with van der Waals surface area (Å²) in [6, 6.07) is 7.18. The maximum absolute atomic E-state index is 11.4. The third-order valence-corrected chi connectivity index (χ3v) is 6.27. The van der Waals surface area contributed by atoms with E-state index in [4.69, 9.17) is 0 Å². The number of aliphatic hydroxyl groups excluding tert-OH is 2. The summed E-state index contributed by atoms with van der Waals surface area (Å²) in [5, 5.41) is 30.0. The maximum atomic E-state index is 11.4. The monoisotopic (exact) mass is 384 g/mol. The molecule has 0 heterocycles. The Kier molecular flexibility index (Phi) is 7.08. The molecule has 3 N–H and O–H groups in total. The highest BCUT2D eigenvalue weighted by molar-refractivity contribution is 5.89. The van der Waals surface area contributed by atoms with E-state index in [9.17, 15) is 20.1 Å². The number of fused-ring (bicyclic) bond motifs is 1. The van der Waals surface area contributed by atoms with E-state index in [1.54, 1.807) is 12.1 Å². The van der Waals surface area contributed by atoms with Crippen LogP contribution in [0.5, 0.6) is 0 Å². The molecule has 0 spiro atoms. The lowest BCUT2D eigenvalue weighted by Crippen LogP contribution is -2.18. The number of carboxylic acid groups (broad SMARTS) is 1. The number of benzene rings is 1. The largest absolute Gasteiger partial charge is 0.478 e. The molecule has 0 saturated heterocycles. The minimum atomic E-state index is -0.886. The fraction of sp³-hybridized carbons (Fsp3) is 0.542. The molecule has 152 valence electrons. The number of carboxylic acids is 1. The van der Waals surface area contributed by atoms with Gasteiger partial charge in [0.05, 0.1) is 17.8 Å². The normalized spacial score (nSPS) is 27.8. The van der Waals surface area contributed by atoms with Gasteiger partial charge in [0.15, 0.2) is 0 Å². The van der Waals surface area contributed by atoms with E-state index >= 15 is 0 Å². The molecule has 1 aromatic carbocycles. The Hall–Kier alpha value is -1.91. The molecule has 2 aliphatic rings. The second kappa shape index (κ2) is 9.53. The molecule has 1 saturated carbocycles. The average Bonchev–Trinajstić information content (AvgIpc) is 3.16. The van der Waals surface area contributed by atoms with Crippen molar-refractivity contribution < 1.29 is 20.1 Å². The van der Waals surface area contributed by atoms with Gasteiger partial charge in [0.1, 0.15) is 0 Å². The molecule has 4 heteroatoms. The van der Waals surface area contributed by atoms with Crippen LogP contribution >= 0.6 is 0 Å². The minimum Gasteiger partial charge on any atom is -0.478 e. The number of unbranched alkanes of at least 4 members (excludes halogenated alkanes) is 2. The van der Waals surface area contributed by atoms with Crippen LogP contribution in [0.3, 0.4) is 0 Å². The number of allylic oxidation sites excluding steroid dienone is 2. The van der Waals surface area contributed by atoms with Crippen LogP contribution in [0.15, 0.2) is 48.1 Å². The number of carbonyl (C=O) groups is 1. The molecule has 5 atom stereocenters. The summed E-state index contributed by atoms with van der Waals surface area (Å²) in [7, 11) is 0. The van der Waals surface area contributed by atoms with Crippen LogP contribution in [0.25, 0.3) is 0 Å². The Labute approximate surface area is 167 Å². The van der Waals surface area contributed by atoms with E-state index < -0.39 is 12.1 Å². The zero-order chi connectivity index (χ0) is 20.1. The summed E-state index contributed by atoms with van der Waals surface area (Å²) in [4.78, 5) is 11.4. The lowest BCUT2D eigenvalue weighted by molar-refractivity contribution is 0.0696. The highest BCUT2D eigenvalue weighted by Gasteiger charge is 2.43. The molecule has 2 aliphatic carbocycles. The summed E-state index contributed by atoms with van der Waals surface area (Å²) < 4.78 is 0. The van der Waals surface area contributed by atoms with E-state index in [0.717, 1.165) is 44.1 Å². The van der Waals surface area contributed by atoms with Crippen LogP contribution in [-0.4, -0.2) is 33.5 Å². The standard InChI is InChI=1S/C24H32O4/c1-2-3-4-8-19(25)10-11-21-22-14-16(13-18(22)15-23(21)26)12-17-7-5-6-9-20(17)24(27)28/h5-7,9-11,13,18-19,21-23,25-26H,2-4,8,12,14-15H2,1H3,(H,27,28)/t18-,19-,21-,22-,23+/m0/s1. The Bertz CT molecular complexity index is 736. The number of aromatic carboxylic acids is 1. The zero-order valence-corrected chi connectivity index (χ0v) is 16.6. The van der Waals surface area contributed by atoms with E-state index in [1.807, 2.05) is 24.3 Å². The van der Waals surface area contributed by atoms with Gasteiger partial charge in [-0.2, -0.15) is 0 Å². The predicted octanol–water partition coefficient (Wildman–Crippen LogP) is 4.37. The quantitative estimate of drug-likeness (QED) is 0.436. The van der Waals surface area contributed by atoms with Crippen molar-refractivity contribution in [3.63, 3.8) is 0 Å². The van der Waals surface area contributed by atoms with Crippen molar-refractivity contribution >= 4 is 5.97 Å². The summed E-state index contributed by atoms with van der Waals surface area (Å²) in [5.41, 5.74) is 2.48. The highest BCUT2D eigenvalue weighted by Crippen LogP contribution is 2.48. The summed E-state index contributed by atoms with van der Waals surface area (Å²) in [5.74, 6) is -0.132. The number of rotatable bonds is 9. The molecule has 4 nitrogen and oxygen atoms in total. The predicted molar refractivity (Wildman–Crippen MR) is 110 cm³/mol. The molecule has 1 fully saturated rings. The van der Waals surface area contributed by atoms with E-state index in [2.05, 4.69) is 13.0 Å². The minimum absolute atomic E-state index is 0.0642. The van der Waals surface area contributed by atoms with Crippen LogP contribution in [0.1, 0.15) is 61.4 Å². The van der Waals surface area contributed by atoms with Gasteiger partial charge >= 0.3 is 5.97 Å². The van der Waals surface area contributed by atoms with Crippen LogP contribution in [-0.2, 0) is 6.42 Å². The molecule has 0 unspecified atom stereocenters. The molecule has 0 radical (unpaired) electrons. The van der Waals surface area contributed by atoms with Gasteiger partial charge in [0.2, 0.25) is 0 Å². The van der Waals surface area contributed by atoms with E-state index in [-0.39, 0.29) is 12.0 Å². The molecule has 3 rings (SSSR count). The fourth-order valence-corrected chi connectivity index (χ4v) is 4.82. The zero-order valence-electron chi connectivity index (χ0n) is 16.6. The first-order chi connectivity index (χ1) is 13.5. The van der Waals surface area contributed by atoms with Gasteiger partial charge < -0.3 is 15.3 Å². The molecular formula is C24H32O4. The van der Waals surface area contributed by atoms with Gasteiger partial charge in [-0.05, 0) is 49.1 Å². The Morgan fingerprint density at radius 1 is 1.29 bits per heavy atom. The third-order valence-electron chi connectivity index (χ3n) is 6.27. The van der Waals surface area contributed by atoms with Crippen molar-refractivity contribution in [3.8, 4) is 0 Å². The first-order valence-corrected chi connectivity index (χ1v) is 10.5. The highest BCUT2D eigenvalue weighted by atomic mass is 16.4. The molecule has 0 amide bonds. The molecule has 0 aliphatic heterocycles.